The zero-order chi connectivity index (χ0) is 22.7. The Morgan fingerprint density at radius 1 is 1.12 bits per heavy atom. The molecule has 1 N–H and O–H groups in total. The van der Waals surface area contributed by atoms with Crippen LogP contribution in [0.25, 0.3) is 0 Å². The summed E-state index contributed by atoms with van der Waals surface area (Å²) in [7, 11) is 0. The molecule has 2 aromatic heterocycles. The van der Waals surface area contributed by atoms with Crippen LogP contribution in [-0.2, 0) is 6.18 Å². The van der Waals surface area contributed by atoms with E-state index >= 15 is 0 Å². The summed E-state index contributed by atoms with van der Waals surface area (Å²) in [4.78, 5) is 22.5. The molecule has 0 radical (unpaired) electrons. The van der Waals surface area contributed by atoms with Crippen molar-refractivity contribution in [2.45, 2.75) is 18.7 Å². The molecule has 0 bridgehead atoms. The highest BCUT2D eigenvalue weighted by atomic mass is 19.4. The SMILES string of the molecule is O=C(c1cccnc1Nc1cccc(F)c1)N1CCC(Oc2ccc(C(F)(F)F)cn2)C1. The number of alkyl halides is 3. The minimum Gasteiger partial charge on any atom is -0.472 e. The zero-order valence-electron chi connectivity index (χ0n) is 16.6. The molecule has 0 spiro atoms. The number of likely N-dealkylation sites (tertiary alicyclic amines) is 1. The Morgan fingerprint density at radius 2 is 1.97 bits per heavy atom. The van der Waals surface area contributed by atoms with Crippen LogP contribution < -0.4 is 10.1 Å². The zero-order valence-corrected chi connectivity index (χ0v) is 16.6. The molecule has 10 heteroatoms. The topological polar surface area (TPSA) is 67.4 Å². The fraction of sp³-hybridized carbons (Fsp3) is 0.227. The first-order chi connectivity index (χ1) is 15.3. The third-order valence-electron chi connectivity index (χ3n) is 4.91. The van der Waals surface area contributed by atoms with Crippen LogP contribution in [0.1, 0.15) is 22.3 Å². The standard InChI is InChI=1S/C22H18F4N4O2/c23-15-3-1-4-16(11-15)29-20-18(5-2-9-27-20)21(31)30-10-8-17(13-30)32-19-7-6-14(12-28-19)22(24,25)26/h1-7,9,11-12,17H,8,10,13H2,(H,27,29). The van der Waals surface area contributed by atoms with Crippen molar-refractivity contribution in [1.82, 2.24) is 14.9 Å². The van der Waals surface area contributed by atoms with E-state index in [-0.39, 0.29) is 24.1 Å². The number of pyridine rings is 2. The van der Waals surface area contributed by atoms with Gasteiger partial charge in [0.05, 0.1) is 17.7 Å². The molecule has 1 aliphatic heterocycles. The van der Waals surface area contributed by atoms with Gasteiger partial charge in [0, 0.05) is 37.1 Å². The molecule has 0 aliphatic carbocycles. The van der Waals surface area contributed by atoms with Crippen LogP contribution in [-0.4, -0.2) is 40.0 Å². The highest BCUT2D eigenvalue weighted by molar-refractivity contribution is 5.99. The van der Waals surface area contributed by atoms with E-state index in [1.54, 1.807) is 29.2 Å². The molecule has 166 valence electrons. The molecule has 1 unspecified atom stereocenters. The van der Waals surface area contributed by atoms with E-state index in [2.05, 4.69) is 15.3 Å². The summed E-state index contributed by atoms with van der Waals surface area (Å²) in [6, 6.07) is 11.1. The first-order valence-electron chi connectivity index (χ1n) is 9.76. The molecule has 1 aliphatic rings. The van der Waals surface area contributed by atoms with Crippen LogP contribution in [0.2, 0.25) is 0 Å². The van der Waals surface area contributed by atoms with Gasteiger partial charge in [-0.25, -0.2) is 14.4 Å². The first kappa shape index (κ1) is 21.5. The molecule has 4 rings (SSSR count). The van der Waals surface area contributed by atoms with Crippen molar-refractivity contribution in [2.24, 2.45) is 0 Å². The fourth-order valence-electron chi connectivity index (χ4n) is 3.35. The third kappa shape index (κ3) is 4.96. The summed E-state index contributed by atoms with van der Waals surface area (Å²) in [6.07, 6.45) is -2.14. The predicted octanol–water partition coefficient (Wildman–Crippen LogP) is 4.67. The van der Waals surface area contributed by atoms with Gasteiger partial charge in [0.2, 0.25) is 5.88 Å². The fourth-order valence-corrected chi connectivity index (χ4v) is 3.35. The van der Waals surface area contributed by atoms with Gasteiger partial charge in [0.15, 0.2) is 0 Å². The molecule has 1 amide bonds. The lowest BCUT2D eigenvalue weighted by Gasteiger charge is -2.19. The summed E-state index contributed by atoms with van der Waals surface area (Å²) in [5, 5.41) is 2.95. The molecule has 1 fully saturated rings. The molecule has 3 aromatic rings. The lowest BCUT2D eigenvalue weighted by Crippen LogP contribution is -2.31. The maximum Gasteiger partial charge on any atom is 0.417 e. The van der Waals surface area contributed by atoms with E-state index in [0.717, 1.165) is 12.1 Å². The van der Waals surface area contributed by atoms with E-state index in [9.17, 15) is 22.4 Å². The number of aromatic nitrogens is 2. The van der Waals surface area contributed by atoms with E-state index in [0.29, 0.717) is 30.4 Å². The number of hydrogen-bond donors (Lipinski definition) is 1. The Labute approximate surface area is 180 Å². The minimum absolute atomic E-state index is 0.0622. The summed E-state index contributed by atoms with van der Waals surface area (Å²) in [5.41, 5.74) is -0.0955. The van der Waals surface area contributed by atoms with Gasteiger partial charge in [0.25, 0.3) is 5.91 Å². The number of halogens is 4. The molecule has 1 atom stereocenters. The number of hydrogen-bond acceptors (Lipinski definition) is 5. The van der Waals surface area contributed by atoms with Crippen LogP contribution in [0.5, 0.6) is 5.88 Å². The molecule has 32 heavy (non-hydrogen) atoms. The number of carbonyl (C=O) groups is 1. The summed E-state index contributed by atoms with van der Waals surface area (Å²) >= 11 is 0. The predicted molar refractivity (Wildman–Crippen MR) is 108 cm³/mol. The quantitative estimate of drug-likeness (QED) is 0.577. The Morgan fingerprint density at radius 3 is 2.69 bits per heavy atom. The maximum atomic E-state index is 13.5. The molecular weight excluding hydrogens is 428 g/mol. The van der Waals surface area contributed by atoms with E-state index in [1.807, 2.05) is 0 Å². The summed E-state index contributed by atoms with van der Waals surface area (Å²) < 4.78 is 57.1. The summed E-state index contributed by atoms with van der Waals surface area (Å²) in [5.74, 6) is -0.359. The van der Waals surface area contributed by atoms with Crippen molar-refractivity contribution < 1.29 is 27.1 Å². The van der Waals surface area contributed by atoms with Crippen molar-refractivity contribution >= 4 is 17.4 Å². The van der Waals surface area contributed by atoms with Crippen molar-refractivity contribution in [3.8, 4) is 5.88 Å². The van der Waals surface area contributed by atoms with Gasteiger partial charge < -0.3 is 15.0 Å². The monoisotopic (exact) mass is 446 g/mol. The van der Waals surface area contributed by atoms with Crippen LogP contribution in [0, 0.1) is 5.82 Å². The second kappa shape index (κ2) is 8.81. The van der Waals surface area contributed by atoms with E-state index in [1.165, 1.54) is 18.3 Å². The molecule has 1 saturated heterocycles. The van der Waals surface area contributed by atoms with Crippen molar-refractivity contribution in [1.29, 1.82) is 0 Å². The van der Waals surface area contributed by atoms with Crippen molar-refractivity contribution in [3.05, 3.63) is 77.9 Å². The van der Waals surface area contributed by atoms with Crippen LogP contribution in [0.4, 0.5) is 29.1 Å². The summed E-state index contributed by atoms with van der Waals surface area (Å²) in [6.45, 7) is 0.647. The van der Waals surface area contributed by atoms with Crippen molar-refractivity contribution in [2.75, 3.05) is 18.4 Å². The Hall–Kier alpha value is -3.69. The molecule has 3 heterocycles. The highest BCUT2D eigenvalue weighted by Crippen LogP contribution is 2.30. The Balaban J connectivity index is 1.42. The normalized spacial score (nSPS) is 16.1. The number of nitrogens with zero attached hydrogens (tertiary/aromatic N) is 3. The second-order valence-corrected chi connectivity index (χ2v) is 7.20. The average Bonchev–Trinajstić information content (AvgIpc) is 3.22. The first-order valence-corrected chi connectivity index (χ1v) is 9.76. The van der Waals surface area contributed by atoms with Gasteiger partial charge in [0.1, 0.15) is 17.7 Å². The molecule has 6 nitrogen and oxygen atoms in total. The van der Waals surface area contributed by atoms with Gasteiger partial charge in [-0.05, 0) is 36.4 Å². The number of benzene rings is 1. The average molecular weight is 446 g/mol. The number of ether oxygens (including phenoxy) is 1. The van der Waals surface area contributed by atoms with Gasteiger partial charge >= 0.3 is 6.18 Å². The molecule has 1 aromatic carbocycles. The number of anilines is 2. The third-order valence-corrected chi connectivity index (χ3v) is 4.91. The smallest absolute Gasteiger partial charge is 0.417 e. The van der Waals surface area contributed by atoms with Gasteiger partial charge in [-0.3, -0.25) is 4.79 Å². The van der Waals surface area contributed by atoms with Crippen LogP contribution in [0.15, 0.2) is 60.9 Å². The molecule has 0 saturated carbocycles. The Bertz CT molecular complexity index is 1110. The lowest BCUT2D eigenvalue weighted by molar-refractivity contribution is -0.137. The largest absolute Gasteiger partial charge is 0.472 e. The number of amides is 1. The minimum atomic E-state index is -4.47. The number of rotatable bonds is 5. The van der Waals surface area contributed by atoms with Crippen LogP contribution >= 0.6 is 0 Å². The van der Waals surface area contributed by atoms with Crippen molar-refractivity contribution in [3.63, 3.8) is 0 Å². The maximum absolute atomic E-state index is 13.5. The highest BCUT2D eigenvalue weighted by Gasteiger charge is 2.32. The van der Waals surface area contributed by atoms with Crippen LogP contribution in [0.3, 0.4) is 0 Å². The number of carbonyl (C=O) groups excluding carboxylic acids is 1. The van der Waals surface area contributed by atoms with Gasteiger partial charge in [-0.2, -0.15) is 13.2 Å². The Kier molecular flexibility index (Phi) is 5.93. The van der Waals surface area contributed by atoms with Gasteiger partial charge in [-0.15, -0.1) is 0 Å². The van der Waals surface area contributed by atoms with E-state index < -0.39 is 23.7 Å². The number of nitrogens with one attached hydrogen (secondary N) is 1. The second-order valence-electron chi connectivity index (χ2n) is 7.20. The molecular formula is C22H18F4N4O2. The lowest BCUT2D eigenvalue weighted by atomic mass is 10.2. The van der Waals surface area contributed by atoms with Gasteiger partial charge in [-0.1, -0.05) is 6.07 Å². The van der Waals surface area contributed by atoms with E-state index in [4.69, 9.17) is 4.74 Å².